The molecule has 2 N–H and O–H groups in total. The van der Waals surface area contributed by atoms with E-state index < -0.39 is 16.1 Å². The maximum atomic E-state index is 12.2. The number of methoxy groups -OCH3 is 1. The van der Waals surface area contributed by atoms with E-state index in [-0.39, 0.29) is 17.9 Å². The van der Waals surface area contributed by atoms with E-state index in [1.54, 1.807) is 32.0 Å². The molecule has 0 saturated heterocycles. The van der Waals surface area contributed by atoms with E-state index in [2.05, 4.69) is 4.72 Å². The van der Waals surface area contributed by atoms with Crippen LogP contribution in [-0.4, -0.2) is 27.2 Å². The first-order chi connectivity index (χ1) is 10.8. The summed E-state index contributed by atoms with van der Waals surface area (Å²) < 4.78 is 37.2. The fourth-order valence-corrected chi connectivity index (χ4v) is 3.35. The summed E-state index contributed by atoms with van der Waals surface area (Å²) >= 11 is 0. The van der Waals surface area contributed by atoms with Crippen molar-refractivity contribution in [3.8, 4) is 5.75 Å². The number of benzene rings is 1. The molecule has 0 spiro atoms. The van der Waals surface area contributed by atoms with Crippen molar-refractivity contribution in [2.24, 2.45) is 0 Å². The lowest BCUT2D eigenvalue weighted by Gasteiger charge is -2.11. The van der Waals surface area contributed by atoms with Crippen LogP contribution in [-0.2, 0) is 10.0 Å². The Hall–Kier alpha value is -1.83. The normalized spacial score (nSPS) is 13.0. The van der Waals surface area contributed by atoms with E-state index in [9.17, 15) is 13.5 Å². The number of furan rings is 1. The first-order valence-corrected chi connectivity index (χ1v) is 8.70. The van der Waals surface area contributed by atoms with Crippen molar-refractivity contribution in [1.29, 1.82) is 0 Å². The molecule has 0 aliphatic heterocycles. The Morgan fingerprint density at radius 2 is 1.91 bits per heavy atom. The van der Waals surface area contributed by atoms with Crippen LogP contribution in [0.25, 0.3) is 0 Å². The number of aryl methyl sites for hydroxylation is 2. The molecule has 1 aromatic carbocycles. The second-order valence-corrected chi connectivity index (χ2v) is 7.01. The van der Waals surface area contributed by atoms with Crippen molar-refractivity contribution in [2.45, 2.75) is 31.3 Å². The maximum Gasteiger partial charge on any atom is 0.240 e. The summed E-state index contributed by atoms with van der Waals surface area (Å²) in [5.41, 5.74) is 0.686. The predicted octanol–water partition coefficient (Wildman–Crippen LogP) is 2.31. The molecule has 126 valence electrons. The maximum absolute atomic E-state index is 12.2. The molecule has 0 amide bonds. The van der Waals surface area contributed by atoms with E-state index >= 15 is 0 Å². The van der Waals surface area contributed by atoms with E-state index in [0.717, 1.165) is 5.76 Å². The van der Waals surface area contributed by atoms with Crippen molar-refractivity contribution < 1.29 is 22.7 Å². The molecule has 0 saturated carbocycles. The molecule has 0 aliphatic rings. The van der Waals surface area contributed by atoms with Gasteiger partial charge in [-0.2, -0.15) is 0 Å². The largest absolute Gasteiger partial charge is 0.497 e. The number of aliphatic hydroxyl groups excluding tert-OH is 1. The predicted molar refractivity (Wildman–Crippen MR) is 85.9 cm³/mol. The van der Waals surface area contributed by atoms with Crippen LogP contribution in [0.2, 0.25) is 0 Å². The smallest absolute Gasteiger partial charge is 0.240 e. The van der Waals surface area contributed by atoms with Gasteiger partial charge in [0, 0.05) is 12.1 Å². The molecule has 0 bridgehead atoms. The van der Waals surface area contributed by atoms with E-state index in [1.807, 2.05) is 0 Å². The van der Waals surface area contributed by atoms with Crippen LogP contribution in [0.15, 0.2) is 39.6 Å². The molecule has 0 aliphatic carbocycles. The zero-order valence-electron chi connectivity index (χ0n) is 13.4. The second-order valence-electron chi connectivity index (χ2n) is 5.25. The Bertz CT molecular complexity index is 749. The lowest BCUT2D eigenvalue weighted by atomic mass is 10.1. The SMILES string of the molecule is COc1ccc(S(=O)(=O)NCCC(O)c2cc(C)oc2C)cc1. The van der Waals surface area contributed by atoms with Crippen molar-refractivity contribution in [3.63, 3.8) is 0 Å². The summed E-state index contributed by atoms with van der Waals surface area (Å²) in [6, 6.07) is 7.88. The highest BCUT2D eigenvalue weighted by molar-refractivity contribution is 7.89. The lowest BCUT2D eigenvalue weighted by Crippen LogP contribution is -2.26. The minimum atomic E-state index is -3.61. The minimum Gasteiger partial charge on any atom is -0.497 e. The zero-order valence-corrected chi connectivity index (χ0v) is 14.2. The summed E-state index contributed by atoms with van der Waals surface area (Å²) in [4.78, 5) is 0.156. The van der Waals surface area contributed by atoms with Gasteiger partial charge in [0.1, 0.15) is 17.3 Å². The Balaban J connectivity index is 1.95. The third kappa shape index (κ3) is 4.34. The van der Waals surface area contributed by atoms with Gasteiger partial charge in [-0.05, 0) is 50.6 Å². The summed E-state index contributed by atoms with van der Waals surface area (Å²) in [6.07, 6.45) is -0.513. The Morgan fingerprint density at radius 1 is 1.26 bits per heavy atom. The number of nitrogens with one attached hydrogen (secondary N) is 1. The van der Waals surface area contributed by atoms with Crippen molar-refractivity contribution >= 4 is 10.0 Å². The van der Waals surface area contributed by atoms with Gasteiger partial charge in [-0.1, -0.05) is 0 Å². The van der Waals surface area contributed by atoms with E-state index in [0.29, 0.717) is 17.1 Å². The highest BCUT2D eigenvalue weighted by atomic mass is 32.2. The first-order valence-electron chi connectivity index (χ1n) is 7.22. The lowest BCUT2D eigenvalue weighted by molar-refractivity contribution is 0.167. The summed E-state index contributed by atoms with van der Waals surface area (Å²) in [7, 11) is -2.09. The molecule has 2 aromatic rings. The highest BCUT2D eigenvalue weighted by Gasteiger charge is 2.17. The number of aliphatic hydroxyl groups is 1. The molecule has 7 heteroatoms. The quantitative estimate of drug-likeness (QED) is 0.808. The van der Waals surface area contributed by atoms with Gasteiger partial charge in [-0.3, -0.25) is 0 Å². The van der Waals surface area contributed by atoms with E-state index in [4.69, 9.17) is 9.15 Å². The molecule has 1 aromatic heterocycles. The van der Waals surface area contributed by atoms with Gasteiger partial charge in [0.05, 0.1) is 18.1 Å². The summed E-state index contributed by atoms with van der Waals surface area (Å²) in [6.45, 7) is 3.70. The monoisotopic (exact) mass is 339 g/mol. The molecule has 1 unspecified atom stereocenters. The minimum absolute atomic E-state index is 0.124. The van der Waals surface area contributed by atoms with Crippen LogP contribution in [0.5, 0.6) is 5.75 Å². The third-order valence-corrected chi connectivity index (χ3v) is 4.99. The van der Waals surface area contributed by atoms with Gasteiger partial charge in [-0.15, -0.1) is 0 Å². The number of hydrogen-bond acceptors (Lipinski definition) is 5. The molecule has 1 heterocycles. The van der Waals surface area contributed by atoms with Gasteiger partial charge in [0.2, 0.25) is 10.0 Å². The van der Waals surface area contributed by atoms with Crippen LogP contribution in [0, 0.1) is 13.8 Å². The number of hydrogen-bond donors (Lipinski definition) is 2. The molecule has 0 fully saturated rings. The standard InChI is InChI=1S/C16H21NO5S/c1-11-10-15(12(2)22-11)16(18)8-9-17-23(19,20)14-6-4-13(21-3)5-7-14/h4-7,10,16-18H,8-9H2,1-3H3. The van der Waals surface area contributed by atoms with Crippen LogP contribution >= 0.6 is 0 Å². The van der Waals surface area contributed by atoms with Gasteiger partial charge in [0.15, 0.2) is 0 Å². The van der Waals surface area contributed by atoms with Crippen LogP contribution < -0.4 is 9.46 Å². The van der Waals surface area contributed by atoms with Crippen LogP contribution in [0.3, 0.4) is 0 Å². The Labute approximate surface area is 136 Å². The van der Waals surface area contributed by atoms with E-state index in [1.165, 1.54) is 19.2 Å². The van der Waals surface area contributed by atoms with Crippen molar-refractivity contribution in [2.75, 3.05) is 13.7 Å². The molecule has 23 heavy (non-hydrogen) atoms. The van der Waals surface area contributed by atoms with Crippen molar-refractivity contribution in [1.82, 2.24) is 4.72 Å². The highest BCUT2D eigenvalue weighted by Crippen LogP contribution is 2.23. The average Bonchev–Trinajstić information content (AvgIpc) is 2.86. The van der Waals surface area contributed by atoms with Crippen LogP contribution in [0.4, 0.5) is 0 Å². The third-order valence-electron chi connectivity index (χ3n) is 3.52. The summed E-state index contributed by atoms with van der Waals surface area (Å²) in [5, 5.41) is 10.1. The van der Waals surface area contributed by atoms with Crippen molar-refractivity contribution in [3.05, 3.63) is 47.4 Å². The van der Waals surface area contributed by atoms with Gasteiger partial charge < -0.3 is 14.3 Å². The zero-order chi connectivity index (χ0) is 17.0. The fourth-order valence-electron chi connectivity index (χ4n) is 2.31. The topological polar surface area (TPSA) is 88.8 Å². The second kappa shape index (κ2) is 7.16. The Kier molecular flexibility index (Phi) is 5.46. The Morgan fingerprint density at radius 3 is 2.43 bits per heavy atom. The molecule has 1 atom stereocenters. The van der Waals surface area contributed by atoms with Crippen LogP contribution in [0.1, 0.15) is 29.6 Å². The van der Waals surface area contributed by atoms with Gasteiger partial charge in [-0.25, -0.2) is 13.1 Å². The van der Waals surface area contributed by atoms with Gasteiger partial charge >= 0.3 is 0 Å². The molecular formula is C16H21NO5S. The summed E-state index contributed by atoms with van der Waals surface area (Å²) in [5.74, 6) is 1.95. The molecule has 6 nitrogen and oxygen atoms in total. The molecular weight excluding hydrogens is 318 g/mol. The average molecular weight is 339 g/mol. The molecule has 0 radical (unpaired) electrons. The molecule has 2 rings (SSSR count). The fraction of sp³-hybridized carbons (Fsp3) is 0.375. The number of ether oxygens (including phenoxy) is 1. The van der Waals surface area contributed by atoms with Gasteiger partial charge in [0.25, 0.3) is 0 Å². The number of rotatable bonds is 7. The first kappa shape index (κ1) is 17.5. The number of sulfonamides is 1.